The molecule has 126 valence electrons. The number of hydrogen-bond donors (Lipinski definition) is 1. The van der Waals surface area contributed by atoms with Gasteiger partial charge in [-0.05, 0) is 13.0 Å². The molecule has 1 amide bonds. The van der Waals surface area contributed by atoms with E-state index < -0.39 is 0 Å². The number of hydrogen-bond acceptors (Lipinski definition) is 2. The normalized spacial score (nSPS) is 16.0. The van der Waals surface area contributed by atoms with E-state index in [0.717, 1.165) is 32.0 Å². The monoisotopic (exact) mass is 326 g/mol. The maximum atomic E-state index is 12.4. The Balaban J connectivity index is 1.45. The van der Waals surface area contributed by atoms with Gasteiger partial charge in [0.05, 0.1) is 19.3 Å². The highest BCUT2D eigenvalue weighted by Gasteiger charge is 2.26. The largest absolute Gasteiger partial charge is 0.333 e. The van der Waals surface area contributed by atoms with Gasteiger partial charge in [0.2, 0.25) is 0 Å². The number of aromatic nitrogens is 1. The molecule has 3 rings (SSSR count). The molecule has 2 aromatic rings. The van der Waals surface area contributed by atoms with Gasteiger partial charge in [-0.3, -0.25) is 9.69 Å². The summed E-state index contributed by atoms with van der Waals surface area (Å²) in [6.07, 6.45) is 1.94. The van der Waals surface area contributed by atoms with Crippen LogP contribution in [0.2, 0.25) is 0 Å². The Labute approximate surface area is 143 Å². The number of carbonyl (C=O) groups is 1. The van der Waals surface area contributed by atoms with Crippen molar-refractivity contribution in [3.05, 3.63) is 60.3 Å². The lowest BCUT2D eigenvalue weighted by Gasteiger charge is -2.30. The first kappa shape index (κ1) is 16.5. The Morgan fingerprint density at radius 3 is 2.46 bits per heavy atom. The molecule has 24 heavy (non-hydrogen) atoms. The van der Waals surface area contributed by atoms with Crippen molar-refractivity contribution in [2.75, 3.05) is 37.6 Å². The molecule has 0 unspecified atom stereocenters. The van der Waals surface area contributed by atoms with Gasteiger partial charge in [0, 0.05) is 11.6 Å². The van der Waals surface area contributed by atoms with Crippen LogP contribution in [0.25, 0.3) is 0 Å². The summed E-state index contributed by atoms with van der Waals surface area (Å²) in [7, 11) is 0. The Kier molecular flexibility index (Phi) is 5.43. The summed E-state index contributed by atoms with van der Waals surface area (Å²) in [6, 6.07) is 16.7. The number of piperazine rings is 1. The molecule has 1 aliphatic rings. The van der Waals surface area contributed by atoms with Crippen molar-refractivity contribution in [2.45, 2.75) is 13.0 Å². The molecular formula is C19H26N4O+2. The number of pyridine rings is 1. The summed E-state index contributed by atoms with van der Waals surface area (Å²) < 4.78 is 0. The minimum absolute atomic E-state index is 0.231. The van der Waals surface area contributed by atoms with Crippen LogP contribution in [0.5, 0.6) is 0 Å². The van der Waals surface area contributed by atoms with Crippen LogP contribution in [0.4, 0.5) is 5.82 Å². The predicted molar refractivity (Wildman–Crippen MR) is 93.4 cm³/mol. The van der Waals surface area contributed by atoms with Gasteiger partial charge in [-0.1, -0.05) is 36.4 Å². The van der Waals surface area contributed by atoms with Crippen molar-refractivity contribution < 1.29 is 15.1 Å². The van der Waals surface area contributed by atoms with Gasteiger partial charge in [0.25, 0.3) is 11.7 Å². The van der Waals surface area contributed by atoms with Gasteiger partial charge in [-0.15, -0.1) is 0 Å². The zero-order chi connectivity index (χ0) is 16.8. The number of nitrogens with one attached hydrogen (secondary N) is 1. The lowest BCUT2D eigenvalue weighted by molar-refractivity contribution is -0.683. The molecule has 1 fully saturated rings. The van der Waals surface area contributed by atoms with Crippen LogP contribution in [0.3, 0.4) is 0 Å². The van der Waals surface area contributed by atoms with E-state index >= 15 is 0 Å². The van der Waals surface area contributed by atoms with E-state index in [1.165, 1.54) is 5.56 Å². The van der Waals surface area contributed by atoms with Crippen LogP contribution in [0.15, 0.2) is 54.7 Å². The molecule has 0 spiro atoms. The van der Waals surface area contributed by atoms with Crippen LogP contribution in [-0.2, 0) is 4.79 Å². The third-order valence-electron chi connectivity index (χ3n) is 4.64. The summed E-state index contributed by atoms with van der Waals surface area (Å²) in [6.45, 7) is 5.98. The number of carbonyl (C=O) groups excluding carboxylic acids is 1. The van der Waals surface area contributed by atoms with Gasteiger partial charge in [-0.25, -0.2) is 4.98 Å². The molecule has 0 radical (unpaired) electrons. The lowest BCUT2D eigenvalue weighted by Crippen LogP contribution is -2.87. The van der Waals surface area contributed by atoms with Gasteiger partial charge in [0.1, 0.15) is 19.1 Å². The highest BCUT2D eigenvalue weighted by molar-refractivity contribution is 5.77. The predicted octanol–water partition coefficient (Wildman–Crippen LogP) is 0.474. The number of H-pyrrole nitrogens is 1. The number of aromatic amines is 1. The summed E-state index contributed by atoms with van der Waals surface area (Å²) >= 11 is 0. The molecule has 0 saturated carbocycles. The Hall–Kier alpha value is -2.40. The maximum absolute atomic E-state index is 12.4. The molecule has 1 aromatic heterocycles. The highest BCUT2D eigenvalue weighted by Crippen LogP contribution is 2.10. The first-order valence-electron chi connectivity index (χ1n) is 8.62. The first-order valence-corrected chi connectivity index (χ1v) is 8.62. The van der Waals surface area contributed by atoms with E-state index in [0.29, 0.717) is 12.6 Å². The Morgan fingerprint density at radius 1 is 1.08 bits per heavy atom. The van der Waals surface area contributed by atoms with E-state index in [4.69, 9.17) is 0 Å². The second kappa shape index (κ2) is 7.93. The topological polar surface area (TPSA) is 54.3 Å². The minimum Gasteiger partial charge on any atom is -0.333 e. The van der Waals surface area contributed by atoms with Gasteiger partial charge >= 0.3 is 0 Å². The Morgan fingerprint density at radius 2 is 1.79 bits per heavy atom. The molecule has 5 nitrogen and oxygen atoms in total. The van der Waals surface area contributed by atoms with Crippen molar-refractivity contribution >= 4 is 11.7 Å². The first-order chi connectivity index (χ1) is 11.7. The number of quaternary nitrogens is 1. The summed E-state index contributed by atoms with van der Waals surface area (Å²) in [5.74, 6) is 1.35. The molecule has 5 heteroatoms. The van der Waals surface area contributed by atoms with E-state index in [1.807, 2.05) is 41.4 Å². The molecule has 1 aliphatic heterocycles. The van der Waals surface area contributed by atoms with Crippen molar-refractivity contribution in [3.8, 4) is 0 Å². The highest BCUT2D eigenvalue weighted by atomic mass is 16.2. The fourth-order valence-electron chi connectivity index (χ4n) is 3.08. The van der Waals surface area contributed by atoms with Crippen molar-refractivity contribution in [1.29, 1.82) is 0 Å². The number of anilines is 1. The van der Waals surface area contributed by atoms with Crippen LogP contribution < -0.4 is 15.2 Å². The zero-order valence-corrected chi connectivity index (χ0v) is 14.2. The number of rotatable bonds is 5. The number of nitrogens with zero attached hydrogens (tertiary/aromatic N) is 2. The lowest BCUT2D eigenvalue weighted by atomic mass is 10.1. The summed E-state index contributed by atoms with van der Waals surface area (Å²) in [5.41, 5.74) is 1.26. The molecule has 0 bridgehead atoms. The molecule has 1 saturated heterocycles. The zero-order valence-electron chi connectivity index (χ0n) is 14.2. The van der Waals surface area contributed by atoms with Crippen LogP contribution in [0.1, 0.15) is 18.5 Å². The average molecular weight is 326 g/mol. The fourth-order valence-corrected chi connectivity index (χ4v) is 3.08. The quantitative estimate of drug-likeness (QED) is 0.869. The molecule has 1 atom stereocenters. The average Bonchev–Trinajstić information content (AvgIpc) is 2.67. The van der Waals surface area contributed by atoms with Crippen molar-refractivity contribution in [1.82, 2.24) is 4.90 Å². The molecular weight excluding hydrogens is 300 g/mol. The molecule has 0 aliphatic carbocycles. The van der Waals surface area contributed by atoms with Crippen LogP contribution in [0, 0.1) is 0 Å². The van der Waals surface area contributed by atoms with E-state index in [9.17, 15) is 4.79 Å². The molecule has 3 N–H and O–H groups in total. The van der Waals surface area contributed by atoms with Crippen molar-refractivity contribution in [3.63, 3.8) is 0 Å². The third-order valence-corrected chi connectivity index (χ3v) is 4.64. The van der Waals surface area contributed by atoms with Crippen molar-refractivity contribution in [2.24, 2.45) is 0 Å². The van der Waals surface area contributed by atoms with Crippen LogP contribution in [-0.4, -0.2) is 43.5 Å². The Bertz CT molecular complexity index is 639. The second-order valence-corrected chi connectivity index (χ2v) is 6.25. The summed E-state index contributed by atoms with van der Waals surface area (Å²) in [5, 5.41) is 2.12. The SMILES string of the molecule is C[C@H]([NH2+]CC(=O)N1CCN(c2cccc[nH+]2)CC1)c1ccccc1. The van der Waals surface area contributed by atoms with Crippen LogP contribution >= 0.6 is 0 Å². The standard InChI is InChI=1S/C19H24N4O/c1-16(17-7-3-2-4-8-17)21-15-19(24)23-13-11-22(12-14-23)18-9-5-6-10-20-18/h2-10,16,21H,11-15H2,1H3/p+2/t16-/m0/s1. The van der Waals surface area contributed by atoms with Gasteiger partial charge < -0.3 is 10.2 Å². The third kappa shape index (κ3) is 4.11. The smallest absolute Gasteiger partial charge is 0.277 e. The fraction of sp³-hybridized carbons (Fsp3) is 0.368. The van der Waals surface area contributed by atoms with Gasteiger partial charge in [0.15, 0.2) is 6.54 Å². The second-order valence-electron chi connectivity index (χ2n) is 6.25. The number of benzene rings is 1. The minimum atomic E-state index is 0.231. The molecule has 2 heterocycles. The maximum Gasteiger partial charge on any atom is 0.277 e. The van der Waals surface area contributed by atoms with E-state index in [2.05, 4.69) is 40.3 Å². The van der Waals surface area contributed by atoms with Gasteiger partial charge in [-0.2, -0.15) is 0 Å². The molecule has 1 aromatic carbocycles. The number of amides is 1. The summed E-state index contributed by atoms with van der Waals surface area (Å²) in [4.78, 5) is 20.0. The van der Waals surface area contributed by atoms with E-state index in [-0.39, 0.29) is 5.91 Å². The number of nitrogens with two attached hydrogens (primary N) is 1. The van der Waals surface area contributed by atoms with E-state index in [1.54, 1.807) is 0 Å².